The van der Waals surface area contributed by atoms with Crippen LogP contribution in [0.2, 0.25) is 0 Å². The molecule has 2 unspecified atom stereocenters. The molecule has 2 N–H and O–H groups in total. The molecule has 0 radical (unpaired) electrons. The molecule has 21 heavy (non-hydrogen) atoms. The highest BCUT2D eigenvalue weighted by Crippen LogP contribution is 2.37. The van der Waals surface area contributed by atoms with Crippen molar-refractivity contribution in [1.82, 2.24) is 4.90 Å². The average molecular weight is 304 g/mol. The highest BCUT2D eigenvalue weighted by molar-refractivity contribution is 5.23. The number of benzene rings is 1. The maximum Gasteiger partial charge on any atom is 0.391 e. The number of rotatable bonds is 3. The van der Waals surface area contributed by atoms with Gasteiger partial charge in [0.2, 0.25) is 0 Å². The van der Waals surface area contributed by atoms with E-state index in [1.54, 1.807) is 25.1 Å². The number of halogens is 4. The summed E-state index contributed by atoms with van der Waals surface area (Å²) in [6.07, 6.45) is -4.06. The van der Waals surface area contributed by atoms with Gasteiger partial charge in [0.05, 0.1) is 12.0 Å². The Labute approximate surface area is 121 Å². The molecule has 0 spiro atoms. The van der Waals surface area contributed by atoms with Crippen LogP contribution in [0, 0.1) is 11.7 Å². The minimum atomic E-state index is -4.14. The Morgan fingerprint density at radius 1 is 1.19 bits per heavy atom. The average Bonchev–Trinajstić information content (AvgIpc) is 2.40. The van der Waals surface area contributed by atoms with E-state index in [0.717, 1.165) is 0 Å². The Morgan fingerprint density at radius 3 is 2.24 bits per heavy atom. The van der Waals surface area contributed by atoms with Crippen LogP contribution < -0.4 is 5.73 Å². The molecule has 0 aromatic heterocycles. The van der Waals surface area contributed by atoms with Crippen molar-refractivity contribution in [2.45, 2.75) is 38.0 Å². The molecule has 0 amide bonds. The molecular formula is C15H20F4N2. The fourth-order valence-corrected chi connectivity index (χ4v) is 3.03. The van der Waals surface area contributed by atoms with Gasteiger partial charge in [-0.1, -0.05) is 18.2 Å². The molecule has 1 aromatic rings. The van der Waals surface area contributed by atoms with E-state index in [0.29, 0.717) is 5.56 Å². The Balaban J connectivity index is 2.13. The van der Waals surface area contributed by atoms with Crippen molar-refractivity contribution in [3.63, 3.8) is 0 Å². The van der Waals surface area contributed by atoms with Crippen molar-refractivity contribution >= 4 is 0 Å². The number of hydrogen-bond donors (Lipinski definition) is 1. The van der Waals surface area contributed by atoms with Gasteiger partial charge in [-0.05, 0) is 38.9 Å². The van der Waals surface area contributed by atoms with E-state index < -0.39 is 12.1 Å². The highest BCUT2D eigenvalue weighted by atomic mass is 19.4. The Hall–Kier alpha value is -1.14. The first-order chi connectivity index (χ1) is 9.80. The van der Waals surface area contributed by atoms with Crippen LogP contribution in [0.25, 0.3) is 0 Å². The van der Waals surface area contributed by atoms with Crippen molar-refractivity contribution in [1.29, 1.82) is 0 Å². The van der Waals surface area contributed by atoms with Crippen molar-refractivity contribution in [3.05, 3.63) is 35.6 Å². The second kappa shape index (κ2) is 6.32. The smallest absolute Gasteiger partial charge is 0.326 e. The second-order valence-corrected chi connectivity index (χ2v) is 5.68. The number of likely N-dealkylation sites (tertiary alicyclic amines) is 1. The van der Waals surface area contributed by atoms with Gasteiger partial charge in [-0.3, -0.25) is 4.90 Å². The van der Waals surface area contributed by atoms with Gasteiger partial charge in [-0.25, -0.2) is 4.39 Å². The highest BCUT2D eigenvalue weighted by Gasteiger charge is 2.42. The van der Waals surface area contributed by atoms with Gasteiger partial charge in [0.1, 0.15) is 5.82 Å². The summed E-state index contributed by atoms with van der Waals surface area (Å²) in [6.45, 7) is 2.32. The van der Waals surface area contributed by atoms with E-state index in [-0.39, 0.29) is 43.8 Å². The molecule has 1 aliphatic heterocycles. The largest absolute Gasteiger partial charge is 0.391 e. The zero-order valence-electron chi connectivity index (χ0n) is 11.9. The maximum absolute atomic E-state index is 14.0. The van der Waals surface area contributed by atoms with Crippen LogP contribution in [-0.4, -0.2) is 30.2 Å². The van der Waals surface area contributed by atoms with E-state index in [1.807, 2.05) is 4.90 Å². The predicted molar refractivity (Wildman–Crippen MR) is 73.1 cm³/mol. The summed E-state index contributed by atoms with van der Waals surface area (Å²) >= 11 is 0. The lowest BCUT2D eigenvalue weighted by atomic mass is 9.91. The van der Waals surface area contributed by atoms with E-state index in [4.69, 9.17) is 5.73 Å². The molecule has 1 heterocycles. The molecular weight excluding hydrogens is 284 g/mol. The van der Waals surface area contributed by atoms with Crippen molar-refractivity contribution in [2.24, 2.45) is 11.7 Å². The van der Waals surface area contributed by atoms with Crippen molar-refractivity contribution in [3.8, 4) is 0 Å². The van der Waals surface area contributed by atoms with Gasteiger partial charge in [-0.2, -0.15) is 13.2 Å². The molecule has 6 heteroatoms. The lowest BCUT2D eigenvalue weighted by molar-refractivity contribution is -0.186. The van der Waals surface area contributed by atoms with Crippen LogP contribution in [0.4, 0.5) is 17.6 Å². The van der Waals surface area contributed by atoms with Crippen LogP contribution in [-0.2, 0) is 0 Å². The van der Waals surface area contributed by atoms with Gasteiger partial charge in [0.15, 0.2) is 0 Å². The number of hydrogen-bond acceptors (Lipinski definition) is 2. The third-order valence-corrected chi connectivity index (χ3v) is 4.11. The van der Waals surface area contributed by atoms with Crippen LogP contribution in [0.1, 0.15) is 31.4 Å². The molecule has 1 fully saturated rings. The number of alkyl halides is 3. The van der Waals surface area contributed by atoms with Crippen LogP contribution in [0.15, 0.2) is 24.3 Å². The summed E-state index contributed by atoms with van der Waals surface area (Å²) < 4.78 is 52.1. The third kappa shape index (κ3) is 3.74. The first-order valence-electron chi connectivity index (χ1n) is 7.11. The SMILES string of the molecule is CC(N)C(c1ccccc1F)N1CCC(C(F)(F)F)CC1. The maximum atomic E-state index is 14.0. The van der Waals surface area contributed by atoms with Gasteiger partial charge < -0.3 is 5.73 Å². The lowest BCUT2D eigenvalue weighted by Crippen LogP contribution is -2.46. The Morgan fingerprint density at radius 2 is 1.76 bits per heavy atom. The molecule has 1 saturated heterocycles. The third-order valence-electron chi connectivity index (χ3n) is 4.11. The number of nitrogens with two attached hydrogens (primary N) is 1. The molecule has 2 rings (SSSR count). The molecule has 0 bridgehead atoms. The lowest BCUT2D eigenvalue weighted by Gasteiger charge is -2.40. The molecule has 118 valence electrons. The van der Waals surface area contributed by atoms with Gasteiger partial charge in [-0.15, -0.1) is 0 Å². The molecule has 1 aromatic carbocycles. The van der Waals surface area contributed by atoms with E-state index >= 15 is 0 Å². The standard InChI is InChI=1S/C15H20F4N2/c1-10(20)14(12-4-2-3-5-13(12)16)21-8-6-11(7-9-21)15(17,18)19/h2-5,10-11,14H,6-9,20H2,1H3. The van der Waals surface area contributed by atoms with Gasteiger partial charge in [0.25, 0.3) is 0 Å². The summed E-state index contributed by atoms with van der Waals surface area (Å²) in [5.74, 6) is -1.62. The van der Waals surface area contributed by atoms with Crippen LogP contribution in [0.5, 0.6) is 0 Å². The number of nitrogens with zero attached hydrogens (tertiary/aromatic N) is 1. The first-order valence-corrected chi connectivity index (χ1v) is 7.11. The summed E-state index contributed by atoms with van der Waals surface area (Å²) in [6, 6.07) is 5.57. The molecule has 0 saturated carbocycles. The zero-order valence-corrected chi connectivity index (χ0v) is 11.9. The van der Waals surface area contributed by atoms with E-state index in [1.165, 1.54) is 6.07 Å². The molecule has 0 aliphatic carbocycles. The fourth-order valence-electron chi connectivity index (χ4n) is 3.03. The topological polar surface area (TPSA) is 29.3 Å². The van der Waals surface area contributed by atoms with Crippen molar-refractivity contribution in [2.75, 3.05) is 13.1 Å². The normalized spacial score (nSPS) is 21.2. The molecule has 1 aliphatic rings. The van der Waals surface area contributed by atoms with Crippen molar-refractivity contribution < 1.29 is 17.6 Å². The zero-order chi connectivity index (χ0) is 15.6. The van der Waals surface area contributed by atoms with E-state index in [9.17, 15) is 17.6 Å². The van der Waals surface area contributed by atoms with Gasteiger partial charge in [0, 0.05) is 11.6 Å². The van der Waals surface area contributed by atoms with Gasteiger partial charge >= 0.3 is 6.18 Å². The van der Waals surface area contributed by atoms with E-state index in [2.05, 4.69) is 0 Å². The second-order valence-electron chi connectivity index (χ2n) is 5.68. The minimum Gasteiger partial charge on any atom is -0.326 e. The predicted octanol–water partition coefficient (Wildman–Crippen LogP) is 3.49. The number of piperidine rings is 1. The Kier molecular flexibility index (Phi) is 4.88. The molecule has 2 atom stereocenters. The Bertz CT molecular complexity index is 465. The quantitative estimate of drug-likeness (QED) is 0.866. The molecule has 2 nitrogen and oxygen atoms in total. The summed E-state index contributed by atoms with van der Waals surface area (Å²) in [7, 11) is 0. The van der Waals surface area contributed by atoms with Crippen LogP contribution >= 0.6 is 0 Å². The first kappa shape index (κ1) is 16.2. The summed E-state index contributed by atoms with van der Waals surface area (Å²) in [5.41, 5.74) is 6.41. The minimum absolute atomic E-state index is 0.0428. The summed E-state index contributed by atoms with van der Waals surface area (Å²) in [5, 5.41) is 0. The fraction of sp³-hybridized carbons (Fsp3) is 0.600. The summed E-state index contributed by atoms with van der Waals surface area (Å²) in [4.78, 5) is 1.87. The monoisotopic (exact) mass is 304 g/mol. The van der Waals surface area contributed by atoms with Crippen LogP contribution in [0.3, 0.4) is 0 Å².